The number of carbonyl (C=O) groups excluding carboxylic acids is 2. The van der Waals surface area contributed by atoms with E-state index in [1.54, 1.807) is 0 Å². The topological polar surface area (TPSA) is 76.0 Å². The molecule has 1 aliphatic carbocycles. The Morgan fingerprint density at radius 2 is 1.79 bits per heavy atom. The molecule has 1 saturated carbocycles. The van der Waals surface area contributed by atoms with Gasteiger partial charge in [0.1, 0.15) is 11.6 Å². The highest BCUT2D eigenvalue weighted by molar-refractivity contribution is 6.31. The maximum absolute atomic E-state index is 15.5. The Morgan fingerprint density at radius 1 is 1.05 bits per heavy atom. The van der Waals surface area contributed by atoms with E-state index >= 15 is 4.39 Å². The molecule has 2 atom stereocenters. The van der Waals surface area contributed by atoms with Crippen LogP contribution in [0.2, 0.25) is 5.02 Å². The van der Waals surface area contributed by atoms with Gasteiger partial charge in [-0.25, -0.2) is 26.6 Å². The van der Waals surface area contributed by atoms with Crippen LogP contribution in [0.4, 0.5) is 40.8 Å². The second kappa shape index (κ2) is 9.15. The van der Waals surface area contributed by atoms with Crippen molar-refractivity contribution < 1.29 is 44.7 Å². The molecular formula is C27H15ClF8N4O2. The molecule has 3 aromatic carbocycles. The number of hydrogen-bond acceptors (Lipinski definition) is 3. The van der Waals surface area contributed by atoms with E-state index in [1.807, 2.05) is 0 Å². The predicted octanol–water partition coefficient (Wildman–Crippen LogP) is 7.12. The van der Waals surface area contributed by atoms with Gasteiger partial charge in [-0.05, 0) is 42.5 Å². The van der Waals surface area contributed by atoms with Crippen LogP contribution in [-0.2, 0) is 12.0 Å². The number of alkyl halides is 6. The van der Waals surface area contributed by atoms with Crippen LogP contribution in [-0.4, -0.2) is 27.5 Å². The predicted molar refractivity (Wildman–Crippen MR) is 133 cm³/mol. The maximum Gasteiger partial charge on any atom is 0.416 e. The zero-order chi connectivity index (χ0) is 30.4. The van der Waals surface area contributed by atoms with Crippen molar-refractivity contribution in [1.82, 2.24) is 15.1 Å². The van der Waals surface area contributed by atoms with Gasteiger partial charge in [-0.15, -0.1) is 0 Å². The van der Waals surface area contributed by atoms with Crippen LogP contribution in [0.3, 0.4) is 0 Å². The van der Waals surface area contributed by atoms with E-state index in [0.717, 1.165) is 24.4 Å². The summed E-state index contributed by atoms with van der Waals surface area (Å²) in [6.07, 6.45) is -5.41. The lowest BCUT2D eigenvalue weighted by Crippen LogP contribution is -2.55. The van der Waals surface area contributed by atoms with E-state index < -0.39 is 71.4 Å². The van der Waals surface area contributed by atoms with Crippen LogP contribution in [0.1, 0.15) is 56.3 Å². The molecule has 2 aliphatic rings. The van der Waals surface area contributed by atoms with E-state index in [-0.39, 0.29) is 44.4 Å². The van der Waals surface area contributed by atoms with Gasteiger partial charge in [0.05, 0.1) is 28.9 Å². The monoisotopic (exact) mass is 614 g/mol. The zero-order valence-corrected chi connectivity index (χ0v) is 21.5. The Hall–Kier alpha value is -4.20. The molecule has 2 unspecified atom stereocenters. The van der Waals surface area contributed by atoms with Crippen molar-refractivity contribution >= 4 is 40.0 Å². The third-order valence-electron chi connectivity index (χ3n) is 7.38. The zero-order valence-electron chi connectivity index (χ0n) is 20.7. The van der Waals surface area contributed by atoms with Crippen molar-refractivity contribution in [2.45, 2.75) is 36.8 Å². The number of carbonyl (C=O) groups is 2. The molecule has 4 aromatic rings. The molecule has 0 saturated heterocycles. The summed E-state index contributed by atoms with van der Waals surface area (Å²) in [6.45, 7) is 0. The van der Waals surface area contributed by atoms with Gasteiger partial charge in [-0.2, -0.15) is 18.3 Å². The molecule has 6 nitrogen and oxygen atoms in total. The van der Waals surface area contributed by atoms with Crippen molar-refractivity contribution in [2.75, 3.05) is 5.32 Å². The number of benzene rings is 3. The van der Waals surface area contributed by atoms with E-state index in [9.17, 15) is 40.3 Å². The number of hydrogen-bond donors (Lipinski definition) is 2. The molecular weight excluding hydrogens is 600 g/mol. The largest absolute Gasteiger partial charge is 0.416 e. The summed E-state index contributed by atoms with van der Waals surface area (Å²) >= 11 is 6.26. The highest BCUT2D eigenvalue weighted by atomic mass is 35.5. The minimum atomic E-state index is -5.00. The van der Waals surface area contributed by atoms with Gasteiger partial charge in [-0.3, -0.25) is 9.59 Å². The van der Waals surface area contributed by atoms with Crippen LogP contribution >= 0.6 is 11.6 Å². The molecule has 0 radical (unpaired) electrons. The summed E-state index contributed by atoms with van der Waals surface area (Å²) in [5.41, 5.74) is -3.23. The summed E-state index contributed by atoms with van der Waals surface area (Å²) in [7, 11) is 0. The number of fused-ring (bicyclic) bond motifs is 3. The van der Waals surface area contributed by atoms with E-state index in [1.165, 1.54) is 6.07 Å². The molecule has 1 aliphatic heterocycles. The quantitative estimate of drug-likeness (QED) is 0.240. The van der Waals surface area contributed by atoms with Crippen LogP contribution in [0.25, 0.3) is 10.9 Å². The van der Waals surface area contributed by atoms with Gasteiger partial charge in [0.2, 0.25) is 0 Å². The highest BCUT2D eigenvalue weighted by Gasteiger charge is 2.65. The molecule has 218 valence electrons. The lowest BCUT2D eigenvalue weighted by Gasteiger charge is -2.42. The number of nitrogens with zero attached hydrogens (tertiary/aromatic N) is 2. The van der Waals surface area contributed by atoms with Gasteiger partial charge >= 0.3 is 12.1 Å². The summed E-state index contributed by atoms with van der Waals surface area (Å²) in [6, 6.07) is 4.10. The minimum absolute atomic E-state index is 0.0145. The number of rotatable bonds is 4. The molecule has 2 amide bonds. The van der Waals surface area contributed by atoms with Gasteiger partial charge in [-0.1, -0.05) is 11.6 Å². The molecule has 1 aromatic heterocycles. The molecule has 0 spiro atoms. The molecule has 1 fully saturated rings. The van der Waals surface area contributed by atoms with Gasteiger partial charge in [0, 0.05) is 45.6 Å². The molecule has 15 heteroatoms. The Kier molecular flexibility index (Phi) is 6.09. The summed E-state index contributed by atoms with van der Waals surface area (Å²) in [5.74, 6) is -11.3. The summed E-state index contributed by atoms with van der Waals surface area (Å²) in [5, 5.41) is 8.49. The fourth-order valence-corrected chi connectivity index (χ4v) is 5.45. The van der Waals surface area contributed by atoms with E-state index in [2.05, 4.69) is 15.7 Å². The first-order chi connectivity index (χ1) is 19.6. The Labute approximate surface area is 235 Å². The van der Waals surface area contributed by atoms with E-state index in [0.29, 0.717) is 16.8 Å². The third-order valence-corrected chi connectivity index (χ3v) is 7.72. The third kappa shape index (κ3) is 4.18. The fraction of sp³-hybridized carbons (Fsp3) is 0.222. The van der Waals surface area contributed by atoms with Crippen molar-refractivity contribution in [2.24, 2.45) is 0 Å². The second-order valence-corrected chi connectivity index (χ2v) is 10.3. The molecule has 42 heavy (non-hydrogen) atoms. The first kappa shape index (κ1) is 27.9. The molecule has 6 rings (SSSR count). The second-order valence-electron chi connectivity index (χ2n) is 9.92. The van der Waals surface area contributed by atoms with E-state index in [4.69, 9.17) is 11.6 Å². The summed E-state index contributed by atoms with van der Waals surface area (Å²) < 4.78 is 113. The van der Waals surface area contributed by atoms with Crippen molar-refractivity contribution in [3.63, 3.8) is 0 Å². The standard InChI is InChI=1S/C27H15ClF8N4O2/c28-17-2-1-13(29)8-15(17)22-21-18(38-23(41)11-5-12(27(34,35)36)7-14(30)6-11)9-19-16(20(21)24(42)39-22)10-37-40(19)26(33)4-3-25(26,31)32/h1-2,5-10,22H,3-4H2,(H,38,41)(H,39,42). The SMILES string of the molecule is O=C(Nc1cc2c(cnn2C2(F)CCC2(F)F)c2c1C(c1cc(F)ccc1Cl)NC2=O)c1cc(F)cc(C(F)(F)F)c1. The Balaban J connectivity index is 1.56. The lowest BCUT2D eigenvalue weighted by molar-refractivity contribution is -0.258. The van der Waals surface area contributed by atoms with Crippen LogP contribution in [0.15, 0.2) is 48.7 Å². The number of anilines is 1. The van der Waals surface area contributed by atoms with Gasteiger partial charge < -0.3 is 10.6 Å². The lowest BCUT2D eigenvalue weighted by atomic mass is 9.84. The Bertz CT molecular complexity index is 1820. The normalized spacial score (nSPS) is 21.2. The first-order valence-corrected chi connectivity index (χ1v) is 12.6. The Morgan fingerprint density at radius 3 is 2.43 bits per heavy atom. The summed E-state index contributed by atoms with van der Waals surface area (Å²) in [4.78, 5) is 26.4. The molecule has 0 bridgehead atoms. The number of halogens is 9. The number of nitrogens with one attached hydrogen (secondary N) is 2. The number of amides is 2. The van der Waals surface area contributed by atoms with Crippen molar-refractivity contribution in [3.05, 3.63) is 93.1 Å². The van der Waals surface area contributed by atoms with Gasteiger partial charge in [0.25, 0.3) is 17.6 Å². The first-order valence-electron chi connectivity index (χ1n) is 12.2. The highest BCUT2D eigenvalue weighted by Crippen LogP contribution is 2.54. The fourth-order valence-electron chi connectivity index (χ4n) is 5.22. The van der Waals surface area contributed by atoms with Crippen molar-refractivity contribution in [3.8, 4) is 0 Å². The van der Waals surface area contributed by atoms with Crippen LogP contribution in [0.5, 0.6) is 0 Å². The average molecular weight is 615 g/mol. The van der Waals surface area contributed by atoms with Crippen LogP contribution < -0.4 is 10.6 Å². The molecule has 2 N–H and O–H groups in total. The number of aromatic nitrogens is 2. The van der Waals surface area contributed by atoms with Gasteiger partial charge in [0.15, 0.2) is 0 Å². The van der Waals surface area contributed by atoms with Crippen molar-refractivity contribution in [1.29, 1.82) is 0 Å². The smallest absolute Gasteiger partial charge is 0.341 e. The molecule has 2 heterocycles. The van der Waals surface area contributed by atoms with Crippen LogP contribution in [0, 0.1) is 11.6 Å². The maximum atomic E-state index is 15.5. The average Bonchev–Trinajstić information content (AvgIpc) is 3.49. The minimum Gasteiger partial charge on any atom is -0.341 e.